The van der Waals surface area contributed by atoms with Gasteiger partial charge in [0.05, 0.1) is 5.92 Å². The normalized spacial score (nSPS) is 21.0. The number of aromatic nitrogens is 1. The number of aryl methyl sites for hydroxylation is 1. The van der Waals surface area contributed by atoms with Gasteiger partial charge in [0.25, 0.3) is 0 Å². The topological polar surface area (TPSA) is 42.0 Å². The monoisotopic (exact) mass is 246 g/mol. The molecule has 1 aliphatic heterocycles. The lowest BCUT2D eigenvalue weighted by molar-refractivity contribution is -0.121. The van der Waals surface area contributed by atoms with Gasteiger partial charge in [0, 0.05) is 35.5 Å². The first-order chi connectivity index (χ1) is 8.24. The minimum absolute atomic E-state index is 0.0308. The Morgan fingerprint density at radius 1 is 1.47 bits per heavy atom. The molecule has 0 spiro atoms. The number of fused-ring (bicyclic) bond motifs is 1. The lowest BCUT2D eigenvalue weighted by Gasteiger charge is -2.20. The highest BCUT2D eigenvalue weighted by Gasteiger charge is 2.25. The third-order valence-electron chi connectivity index (χ3n) is 3.17. The summed E-state index contributed by atoms with van der Waals surface area (Å²) in [7, 11) is 0. The van der Waals surface area contributed by atoms with Crippen LogP contribution in [0.1, 0.15) is 22.9 Å². The molecule has 17 heavy (non-hydrogen) atoms. The summed E-state index contributed by atoms with van der Waals surface area (Å²) in [6.45, 7) is 3.58. The molecule has 88 valence electrons. The van der Waals surface area contributed by atoms with Crippen LogP contribution in [-0.2, 0) is 4.79 Å². The van der Waals surface area contributed by atoms with Gasteiger partial charge in [-0.2, -0.15) is 0 Å². The maximum absolute atomic E-state index is 11.9. The highest BCUT2D eigenvalue weighted by Crippen LogP contribution is 2.31. The van der Waals surface area contributed by atoms with Gasteiger partial charge in [-0.3, -0.25) is 4.79 Å². The highest BCUT2D eigenvalue weighted by molar-refractivity contribution is 7.18. The van der Waals surface area contributed by atoms with Crippen LogP contribution < -0.4 is 5.32 Å². The standard InChI is InChI=1S/C13H14N2OS/c1-8-2-3-9-6-12(17-13(9)15-8)10-7-14-5-4-11(10)16/h2-3,6,10,14H,4-5,7H2,1H3. The van der Waals surface area contributed by atoms with Gasteiger partial charge >= 0.3 is 0 Å². The van der Waals surface area contributed by atoms with Crippen molar-refractivity contribution < 1.29 is 4.79 Å². The van der Waals surface area contributed by atoms with Crippen molar-refractivity contribution >= 4 is 27.3 Å². The third kappa shape index (κ3) is 1.98. The second-order valence-electron chi connectivity index (χ2n) is 4.47. The van der Waals surface area contributed by atoms with Crippen molar-refractivity contribution in [1.29, 1.82) is 0 Å². The van der Waals surface area contributed by atoms with E-state index < -0.39 is 0 Å². The van der Waals surface area contributed by atoms with Crippen LogP contribution in [0.15, 0.2) is 18.2 Å². The lowest BCUT2D eigenvalue weighted by Crippen LogP contribution is -2.34. The van der Waals surface area contributed by atoms with Crippen molar-refractivity contribution in [3.63, 3.8) is 0 Å². The summed E-state index contributed by atoms with van der Waals surface area (Å²) in [6, 6.07) is 6.21. The molecule has 0 saturated carbocycles. The molecular formula is C13H14N2OS. The van der Waals surface area contributed by atoms with Gasteiger partial charge in [-0.15, -0.1) is 11.3 Å². The van der Waals surface area contributed by atoms with Crippen molar-refractivity contribution in [1.82, 2.24) is 10.3 Å². The number of Topliss-reactive ketones (excluding diaryl/α,β-unsaturated/α-hetero) is 1. The number of ketones is 1. The van der Waals surface area contributed by atoms with Crippen LogP contribution in [0.25, 0.3) is 10.2 Å². The summed E-state index contributed by atoms with van der Waals surface area (Å²) in [5.74, 6) is 0.385. The van der Waals surface area contributed by atoms with E-state index in [1.54, 1.807) is 11.3 Å². The van der Waals surface area contributed by atoms with Gasteiger partial charge in [-0.25, -0.2) is 4.98 Å². The van der Waals surface area contributed by atoms with Crippen LogP contribution in [0.4, 0.5) is 0 Å². The number of hydrogen-bond acceptors (Lipinski definition) is 4. The molecule has 3 heterocycles. The summed E-state index contributed by atoms with van der Waals surface area (Å²) in [6.07, 6.45) is 0.644. The molecular weight excluding hydrogens is 232 g/mol. The van der Waals surface area contributed by atoms with Crippen molar-refractivity contribution in [2.75, 3.05) is 13.1 Å². The number of rotatable bonds is 1. The molecule has 0 radical (unpaired) electrons. The molecule has 1 atom stereocenters. The fourth-order valence-electron chi connectivity index (χ4n) is 2.21. The number of thiophene rings is 1. The number of pyridine rings is 1. The van der Waals surface area contributed by atoms with E-state index in [-0.39, 0.29) is 5.92 Å². The Labute approximate surface area is 104 Å². The van der Waals surface area contributed by atoms with Gasteiger partial charge in [0.1, 0.15) is 10.6 Å². The van der Waals surface area contributed by atoms with E-state index in [4.69, 9.17) is 0 Å². The maximum atomic E-state index is 11.9. The van der Waals surface area contributed by atoms with Crippen molar-refractivity contribution in [3.05, 3.63) is 28.8 Å². The largest absolute Gasteiger partial charge is 0.315 e. The predicted octanol–water partition coefficient (Wildman–Crippen LogP) is 2.25. The van der Waals surface area contributed by atoms with E-state index in [0.717, 1.165) is 33.9 Å². The van der Waals surface area contributed by atoms with Gasteiger partial charge < -0.3 is 5.32 Å². The number of nitrogens with one attached hydrogen (secondary N) is 1. The fraction of sp³-hybridized carbons (Fsp3) is 0.385. The molecule has 0 aromatic carbocycles. The van der Waals surface area contributed by atoms with Crippen LogP contribution in [0, 0.1) is 6.92 Å². The predicted molar refractivity (Wildman–Crippen MR) is 69.6 cm³/mol. The molecule has 3 rings (SSSR count). The summed E-state index contributed by atoms with van der Waals surface area (Å²) in [4.78, 5) is 18.6. The zero-order valence-corrected chi connectivity index (χ0v) is 10.5. The van der Waals surface area contributed by atoms with Crippen LogP contribution >= 0.6 is 11.3 Å². The number of hydrogen-bond donors (Lipinski definition) is 1. The van der Waals surface area contributed by atoms with Gasteiger partial charge in [-0.1, -0.05) is 6.07 Å². The molecule has 0 amide bonds. The average Bonchev–Trinajstić information content (AvgIpc) is 2.72. The molecule has 1 aliphatic rings. The average molecular weight is 246 g/mol. The molecule has 2 aromatic heterocycles. The van der Waals surface area contributed by atoms with Crippen LogP contribution in [0.3, 0.4) is 0 Å². The fourth-order valence-corrected chi connectivity index (χ4v) is 3.41. The number of piperidine rings is 1. The van der Waals surface area contributed by atoms with Crippen molar-refractivity contribution in [2.45, 2.75) is 19.3 Å². The minimum atomic E-state index is 0.0308. The molecule has 2 aromatic rings. The third-order valence-corrected chi connectivity index (χ3v) is 4.33. The van der Waals surface area contributed by atoms with E-state index >= 15 is 0 Å². The van der Waals surface area contributed by atoms with Gasteiger partial charge in [-0.05, 0) is 19.1 Å². The van der Waals surface area contributed by atoms with Crippen LogP contribution in [0.2, 0.25) is 0 Å². The number of carbonyl (C=O) groups is 1. The van der Waals surface area contributed by atoms with Crippen molar-refractivity contribution in [3.8, 4) is 0 Å². The van der Waals surface area contributed by atoms with Crippen LogP contribution in [0.5, 0.6) is 0 Å². The Bertz CT molecular complexity index is 576. The Morgan fingerprint density at radius 2 is 2.35 bits per heavy atom. The minimum Gasteiger partial charge on any atom is -0.315 e. The Hall–Kier alpha value is -1.26. The maximum Gasteiger partial charge on any atom is 0.143 e. The molecule has 1 saturated heterocycles. The number of carbonyl (C=O) groups excluding carboxylic acids is 1. The van der Waals surface area contributed by atoms with E-state index in [1.807, 2.05) is 13.0 Å². The summed E-state index contributed by atoms with van der Waals surface area (Å²) in [5.41, 5.74) is 1.03. The van der Waals surface area contributed by atoms with E-state index in [9.17, 15) is 4.79 Å². The first-order valence-corrected chi connectivity index (χ1v) is 6.66. The highest BCUT2D eigenvalue weighted by atomic mass is 32.1. The first kappa shape index (κ1) is 10.9. The molecule has 4 heteroatoms. The van der Waals surface area contributed by atoms with E-state index in [1.165, 1.54) is 0 Å². The van der Waals surface area contributed by atoms with E-state index in [0.29, 0.717) is 12.2 Å². The Morgan fingerprint density at radius 3 is 3.18 bits per heavy atom. The molecule has 1 fully saturated rings. The molecule has 3 nitrogen and oxygen atoms in total. The quantitative estimate of drug-likeness (QED) is 0.839. The lowest BCUT2D eigenvalue weighted by atomic mass is 9.96. The Balaban J connectivity index is 2.02. The zero-order chi connectivity index (χ0) is 11.8. The SMILES string of the molecule is Cc1ccc2cc(C3CNCCC3=O)sc2n1. The van der Waals surface area contributed by atoms with E-state index in [2.05, 4.69) is 22.4 Å². The molecule has 0 bridgehead atoms. The van der Waals surface area contributed by atoms with Crippen LogP contribution in [-0.4, -0.2) is 23.9 Å². The van der Waals surface area contributed by atoms with Gasteiger partial charge in [0.15, 0.2) is 0 Å². The summed E-state index contributed by atoms with van der Waals surface area (Å²) < 4.78 is 0. The zero-order valence-electron chi connectivity index (χ0n) is 9.69. The second kappa shape index (κ2) is 4.20. The molecule has 1 N–H and O–H groups in total. The summed E-state index contributed by atoms with van der Waals surface area (Å²) >= 11 is 1.65. The summed E-state index contributed by atoms with van der Waals surface area (Å²) in [5, 5.41) is 4.43. The molecule has 1 unspecified atom stereocenters. The van der Waals surface area contributed by atoms with Gasteiger partial charge in [0.2, 0.25) is 0 Å². The first-order valence-electron chi connectivity index (χ1n) is 5.84. The smallest absolute Gasteiger partial charge is 0.143 e. The Kier molecular flexibility index (Phi) is 2.68. The second-order valence-corrected chi connectivity index (χ2v) is 5.53. The van der Waals surface area contributed by atoms with Crippen molar-refractivity contribution in [2.24, 2.45) is 0 Å². The molecule has 0 aliphatic carbocycles. The number of nitrogens with zero attached hydrogens (tertiary/aromatic N) is 1.